The van der Waals surface area contributed by atoms with Gasteiger partial charge in [-0.3, -0.25) is 9.69 Å². The van der Waals surface area contributed by atoms with Gasteiger partial charge in [-0.1, -0.05) is 18.2 Å². The van der Waals surface area contributed by atoms with E-state index in [1.165, 1.54) is 44.6 Å². The number of anilines is 1. The molecule has 256 valence electrons. The third-order valence-corrected chi connectivity index (χ3v) is 11.2. The minimum atomic E-state index is -4.50. The number of piperazine rings is 1. The van der Waals surface area contributed by atoms with Crippen molar-refractivity contribution in [1.29, 1.82) is 0 Å². The Hall–Kier alpha value is -4.33. The van der Waals surface area contributed by atoms with E-state index >= 15 is 4.79 Å². The van der Waals surface area contributed by atoms with Crippen molar-refractivity contribution in [3.8, 4) is 17.2 Å². The fourth-order valence-corrected chi connectivity index (χ4v) is 8.27. The van der Waals surface area contributed by atoms with Crippen molar-refractivity contribution in [3.63, 3.8) is 0 Å². The number of likely N-dealkylation sites (tertiary alicyclic amines) is 1. The van der Waals surface area contributed by atoms with Gasteiger partial charge in [-0.05, 0) is 75.3 Å². The Kier molecular flexibility index (Phi) is 9.55. The number of rotatable bonds is 9. The maximum Gasteiger partial charge on any atom is 0.411 e. The lowest BCUT2D eigenvalue weighted by Gasteiger charge is -2.42. The first kappa shape index (κ1) is 33.6. The van der Waals surface area contributed by atoms with E-state index in [1.807, 2.05) is 0 Å². The second kappa shape index (κ2) is 13.7. The maximum atomic E-state index is 15.0. The highest BCUT2D eigenvalue weighted by Gasteiger charge is 2.61. The van der Waals surface area contributed by atoms with Gasteiger partial charge in [-0.15, -0.1) is 0 Å². The Balaban J connectivity index is 1.42. The molecule has 0 saturated carbocycles. The topological polar surface area (TPSA) is 118 Å². The summed E-state index contributed by atoms with van der Waals surface area (Å²) in [5.41, 5.74) is -1.80. The number of hydrogen-bond donors (Lipinski definition) is 0. The SMILES string of the molecule is CCOc1ccccc1C1(OC(=O)N2CCC(N3CCN(C)CC3)CC2)C(=O)N(S(=O)(=O)c2ccc(OC)cc2)c2ccc(OC)cc21. The molecule has 1 atom stereocenters. The van der Waals surface area contributed by atoms with Crippen molar-refractivity contribution in [3.05, 3.63) is 77.9 Å². The normalized spacial score (nSPS) is 20.8. The average Bonchev–Trinajstić information content (AvgIpc) is 3.36. The van der Waals surface area contributed by atoms with Gasteiger partial charge in [0, 0.05) is 50.9 Å². The van der Waals surface area contributed by atoms with E-state index in [-0.39, 0.29) is 34.1 Å². The highest BCUT2D eigenvalue weighted by atomic mass is 32.2. The number of para-hydroxylation sites is 1. The Morgan fingerprint density at radius 3 is 2.15 bits per heavy atom. The van der Waals surface area contributed by atoms with Gasteiger partial charge in [0.2, 0.25) is 5.60 Å². The molecule has 48 heavy (non-hydrogen) atoms. The van der Waals surface area contributed by atoms with Gasteiger partial charge in [-0.2, -0.15) is 4.31 Å². The summed E-state index contributed by atoms with van der Waals surface area (Å²) in [6.45, 7) is 6.90. The lowest BCUT2D eigenvalue weighted by molar-refractivity contribution is -0.132. The molecule has 0 aliphatic carbocycles. The van der Waals surface area contributed by atoms with Gasteiger partial charge in [0.25, 0.3) is 15.9 Å². The van der Waals surface area contributed by atoms with Crippen LogP contribution < -0.4 is 18.5 Å². The molecular formula is C35H42N4O8S. The molecule has 3 aliphatic heterocycles. The van der Waals surface area contributed by atoms with Gasteiger partial charge in [0.05, 0.1) is 37.0 Å². The summed E-state index contributed by atoms with van der Waals surface area (Å²) in [4.78, 5) is 35.5. The highest BCUT2D eigenvalue weighted by Crippen LogP contribution is 2.52. The van der Waals surface area contributed by atoms with E-state index in [0.29, 0.717) is 30.6 Å². The van der Waals surface area contributed by atoms with Crippen LogP contribution in [0.25, 0.3) is 0 Å². The molecule has 3 heterocycles. The standard InChI is InChI=1S/C35H42N4O8S/c1-5-46-32-9-7-6-8-29(32)35(47-34(41)38-18-16-25(17-19-38)37-22-20-36(2)21-23-37)30-24-27(45-4)12-15-31(30)39(33(35)40)48(42,43)28-13-10-26(44-3)11-14-28/h6-15,24-25H,5,16-23H2,1-4H3. The van der Waals surface area contributed by atoms with Crippen molar-refractivity contribution < 1.29 is 37.0 Å². The minimum Gasteiger partial charge on any atom is -0.497 e. The van der Waals surface area contributed by atoms with Gasteiger partial charge in [-0.25, -0.2) is 13.2 Å². The molecule has 12 nitrogen and oxygen atoms in total. The van der Waals surface area contributed by atoms with Crippen LogP contribution in [0.4, 0.5) is 10.5 Å². The summed E-state index contributed by atoms with van der Waals surface area (Å²) < 4.78 is 52.5. The van der Waals surface area contributed by atoms with E-state index in [9.17, 15) is 13.2 Å². The molecule has 13 heteroatoms. The number of sulfonamides is 1. The first-order valence-corrected chi connectivity index (χ1v) is 17.6. The summed E-state index contributed by atoms with van der Waals surface area (Å²) in [6, 6.07) is 17.4. The number of carbonyl (C=O) groups excluding carboxylic acids is 2. The van der Waals surface area contributed by atoms with Crippen LogP contribution in [0.1, 0.15) is 30.9 Å². The molecule has 3 aromatic carbocycles. The first-order chi connectivity index (χ1) is 23.1. The Morgan fingerprint density at radius 1 is 0.854 bits per heavy atom. The average molecular weight is 679 g/mol. The molecule has 3 aromatic rings. The Labute approximate surface area is 281 Å². The molecule has 0 bridgehead atoms. The number of ether oxygens (including phenoxy) is 4. The van der Waals surface area contributed by atoms with Crippen LogP contribution in [0.5, 0.6) is 17.2 Å². The van der Waals surface area contributed by atoms with Gasteiger partial charge in [0.15, 0.2) is 0 Å². The quantitative estimate of drug-likeness (QED) is 0.330. The summed E-state index contributed by atoms with van der Waals surface area (Å²) in [6.07, 6.45) is 0.805. The second-order valence-electron chi connectivity index (χ2n) is 12.2. The fraction of sp³-hybridized carbons (Fsp3) is 0.429. The summed E-state index contributed by atoms with van der Waals surface area (Å²) in [5, 5.41) is 0. The van der Waals surface area contributed by atoms with Crippen molar-refractivity contribution in [1.82, 2.24) is 14.7 Å². The van der Waals surface area contributed by atoms with E-state index in [2.05, 4.69) is 16.8 Å². The van der Waals surface area contributed by atoms with Gasteiger partial charge in [0.1, 0.15) is 17.2 Å². The summed E-state index contributed by atoms with van der Waals surface area (Å²) in [5.74, 6) is 0.131. The summed E-state index contributed by atoms with van der Waals surface area (Å²) >= 11 is 0. The van der Waals surface area contributed by atoms with E-state index < -0.39 is 27.6 Å². The van der Waals surface area contributed by atoms with Crippen LogP contribution in [0.3, 0.4) is 0 Å². The minimum absolute atomic E-state index is 0.0458. The monoisotopic (exact) mass is 678 g/mol. The molecule has 2 amide bonds. The van der Waals surface area contributed by atoms with E-state index in [4.69, 9.17) is 18.9 Å². The Bertz CT molecular complexity index is 1750. The first-order valence-electron chi connectivity index (χ1n) is 16.2. The third-order valence-electron chi connectivity index (χ3n) is 9.47. The number of piperidine rings is 1. The molecule has 0 aromatic heterocycles. The molecule has 2 saturated heterocycles. The zero-order valence-electron chi connectivity index (χ0n) is 27.8. The highest BCUT2D eigenvalue weighted by molar-refractivity contribution is 7.93. The van der Waals surface area contributed by atoms with E-state index in [1.54, 1.807) is 48.2 Å². The number of carbonyl (C=O) groups is 2. The zero-order chi connectivity index (χ0) is 34.1. The molecule has 6 rings (SSSR count). The van der Waals surface area contributed by atoms with Crippen molar-refractivity contribution in [2.75, 3.05) is 71.4 Å². The molecular weight excluding hydrogens is 636 g/mol. The van der Waals surface area contributed by atoms with Crippen LogP contribution in [0.15, 0.2) is 71.6 Å². The van der Waals surface area contributed by atoms with Crippen LogP contribution in [0.2, 0.25) is 0 Å². The predicted octanol–water partition coefficient (Wildman–Crippen LogP) is 3.93. The molecule has 3 aliphatic rings. The summed E-state index contributed by atoms with van der Waals surface area (Å²) in [7, 11) is 0.566. The van der Waals surface area contributed by atoms with Crippen LogP contribution in [-0.4, -0.2) is 108 Å². The number of nitrogens with zero attached hydrogens (tertiary/aromatic N) is 4. The molecule has 0 spiro atoms. The predicted molar refractivity (Wildman–Crippen MR) is 179 cm³/mol. The van der Waals surface area contributed by atoms with E-state index in [0.717, 1.165) is 43.3 Å². The smallest absolute Gasteiger partial charge is 0.411 e. The van der Waals surface area contributed by atoms with Crippen molar-refractivity contribution >= 4 is 27.7 Å². The number of hydrogen-bond acceptors (Lipinski definition) is 10. The fourth-order valence-electron chi connectivity index (χ4n) is 6.81. The Morgan fingerprint density at radius 2 is 1.50 bits per heavy atom. The van der Waals surface area contributed by atoms with Crippen molar-refractivity contribution in [2.24, 2.45) is 0 Å². The maximum absolute atomic E-state index is 15.0. The van der Waals surface area contributed by atoms with Crippen LogP contribution in [-0.2, 0) is 25.2 Å². The largest absolute Gasteiger partial charge is 0.497 e. The number of benzene rings is 3. The van der Waals surface area contributed by atoms with Crippen LogP contribution >= 0.6 is 0 Å². The van der Waals surface area contributed by atoms with Crippen LogP contribution in [0, 0.1) is 0 Å². The number of methoxy groups -OCH3 is 2. The zero-order valence-corrected chi connectivity index (χ0v) is 28.6. The third kappa shape index (κ3) is 5.95. The number of likely N-dealkylation sites (N-methyl/N-ethyl adjacent to an activating group) is 1. The lowest BCUT2D eigenvalue weighted by Crippen LogP contribution is -2.54. The number of amides is 2. The molecule has 0 N–H and O–H groups in total. The second-order valence-corrected chi connectivity index (χ2v) is 14.0. The number of fused-ring (bicyclic) bond motifs is 1. The molecule has 2 fully saturated rings. The lowest BCUT2D eigenvalue weighted by atomic mass is 9.86. The molecule has 1 unspecified atom stereocenters. The van der Waals surface area contributed by atoms with Gasteiger partial charge < -0.3 is 28.7 Å². The molecule has 0 radical (unpaired) electrons. The van der Waals surface area contributed by atoms with Gasteiger partial charge >= 0.3 is 6.09 Å². The van der Waals surface area contributed by atoms with Crippen molar-refractivity contribution in [2.45, 2.75) is 36.3 Å².